The summed E-state index contributed by atoms with van der Waals surface area (Å²) in [6.45, 7) is 11.4. The molecule has 2 heteroatoms. The van der Waals surface area contributed by atoms with Crippen LogP contribution in [0.4, 0.5) is 0 Å². The molecule has 0 aromatic heterocycles. The van der Waals surface area contributed by atoms with E-state index in [-0.39, 0.29) is 5.54 Å². The van der Waals surface area contributed by atoms with E-state index in [2.05, 4.69) is 32.6 Å². The van der Waals surface area contributed by atoms with Crippen LogP contribution in [0.1, 0.15) is 79.1 Å². The first-order valence-corrected chi connectivity index (χ1v) is 8.60. The van der Waals surface area contributed by atoms with E-state index in [0.29, 0.717) is 0 Å². The summed E-state index contributed by atoms with van der Waals surface area (Å²) in [6.07, 6.45) is 10.6. The quantitative estimate of drug-likeness (QED) is 0.715. The molecular formula is C17H36N2. The Bertz CT molecular complexity index is 233. The smallest absolute Gasteiger partial charge is 0.0334 e. The van der Waals surface area contributed by atoms with Gasteiger partial charge in [-0.2, -0.15) is 0 Å². The average Bonchev–Trinajstić information content (AvgIpc) is 2.46. The highest BCUT2D eigenvalue weighted by molar-refractivity contribution is 4.96. The molecule has 1 rings (SSSR count). The fraction of sp³-hybridized carbons (Fsp3) is 1.00. The van der Waals surface area contributed by atoms with E-state index < -0.39 is 0 Å². The lowest BCUT2D eigenvalue weighted by Crippen LogP contribution is -2.59. The van der Waals surface area contributed by atoms with Crippen LogP contribution in [-0.2, 0) is 0 Å². The van der Waals surface area contributed by atoms with Crippen molar-refractivity contribution in [3.63, 3.8) is 0 Å². The van der Waals surface area contributed by atoms with E-state index in [4.69, 9.17) is 5.73 Å². The van der Waals surface area contributed by atoms with Crippen molar-refractivity contribution < 1.29 is 0 Å². The van der Waals surface area contributed by atoms with Crippen molar-refractivity contribution in [3.8, 4) is 0 Å². The number of rotatable bonds is 8. The Labute approximate surface area is 121 Å². The normalized spacial score (nSPS) is 26.1. The van der Waals surface area contributed by atoms with Crippen molar-refractivity contribution in [2.75, 3.05) is 13.1 Å². The third-order valence-electron chi connectivity index (χ3n) is 5.32. The molecular weight excluding hydrogens is 232 g/mol. The van der Waals surface area contributed by atoms with Gasteiger partial charge in [0.2, 0.25) is 0 Å². The third kappa shape index (κ3) is 4.19. The lowest BCUT2D eigenvalue weighted by Gasteiger charge is -2.50. The van der Waals surface area contributed by atoms with Gasteiger partial charge in [-0.25, -0.2) is 0 Å². The van der Waals surface area contributed by atoms with Gasteiger partial charge < -0.3 is 5.73 Å². The van der Waals surface area contributed by atoms with Gasteiger partial charge in [0.15, 0.2) is 0 Å². The minimum atomic E-state index is 0.260. The number of nitrogens with two attached hydrogens (primary N) is 1. The van der Waals surface area contributed by atoms with Crippen molar-refractivity contribution >= 4 is 0 Å². The highest BCUT2D eigenvalue weighted by atomic mass is 15.2. The van der Waals surface area contributed by atoms with Gasteiger partial charge in [0.05, 0.1) is 0 Å². The highest BCUT2D eigenvalue weighted by Crippen LogP contribution is 2.35. The van der Waals surface area contributed by atoms with Gasteiger partial charge in [0, 0.05) is 18.1 Å². The van der Waals surface area contributed by atoms with E-state index in [9.17, 15) is 0 Å². The molecule has 19 heavy (non-hydrogen) atoms. The predicted molar refractivity (Wildman–Crippen MR) is 85.4 cm³/mol. The van der Waals surface area contributed by atoms with Crippen LogP contribution in [0.2, 0.25) is 0 Å². The fourth-order valence-corrected chi connectivity index (χ4v) is 3.86. The van der Waals surface area contributed by atoms with Crippen LogP contribution in [0.15, 0.2) is 0 Å². The number of hydrogen-bond acceptors (Lipinski definition) is 2. The van der Waals surface area contributed by atoms with Crippen molar-refractivity contribution in [1.82, 2.24) is 4.90 Å². The lowest BCUT2D eigenvalue weighted by molar-refractivity contribution is 0.0000279. The number of hydrogen-bond donors (Lipinski definition) is 1. The zero-order valence-corrected chi connectivity index (χ0v) is 13.8. The SMILES string of the molecule is CCCC1CCCCN1C(CC)(CN)CC(C)CC. The standard InChI is InChI=1S/C17H36N2/c1-5-10-16-11-8-9-12-19(16)17(7-3,14-18)13-15(4)6-2/h15-16H,5-14,18H2,1-4H3. The first-order chi connectivity index (χ1) is 9.13. The maximum Gasteiger partial charge on any atom is 0.0334 e. The number of nitrogens with zero attached hydrogens (tertiary/aromatic N) is 1. The Morgan fingerprint density at radius 1 is 1.26 bits per heavy atom. The molecule has 1 heterocycles. The molecule has 3 unspecified atom stereocenters. The maximum atomic E-state index is 6.27. The minimum absolute atomic E-state index is 0.260. The Hall–Kier alpha value is -0.0800. The summed E-state index contributed by atoms with van der Waals surface area (Å²) in [6, 6.07) is 0.784. The monoisotopic (exact) mass is 268 g/mol. The molecule has 0 radical (unpaired) electrons. The molecule has 1 aliphatic rings. The molecule has 0 spiro atoms. The third-order valence-corrected chi connectivity index (χ3v) is 5.32. The molecule has 2 nitrogen and oxygen atoms in total. The van der Waals surface area contributed by atoms with Crippen molar-refractivity contribution in [3.05, 3.63) is 0 Å². The molecule has 0 saturated carbocycles. The van der Waals surface area contributed by atoms with E-state index in [1.54, 1.807) is 0 Å². The second-order valence-electron chi connectivity index (χ2n) is 6.63. The van der Waals surface area contributed by atoms with Gasteiger partial charge in [-0.05, 0) is 44.6 Å². The predicted octanol–water partition coefficient (Wildman–Crippen LogP) is 4.18. The van der Waals surface area contributed by atoms with Crippen LogP contribution in [0, 0.1) is 5.92 Å². The Morgan fingerprint density at radius 3 is 2.53 bits per heavy atom. The average molecular weight is 268 g/mol. The van der Waals surface area contributed by atoms with E-state index >= 15 is 0 Å². The maximum absolute atomic E-state index is 6.27. The summed E-state index contributed by atoms with van der Waals surface area (Å²) in [5, 5.41) is 0. The van der Waals surface area contributed by atoms with Gasteiger partial charge in [-0.1, -0.05) is 47.0 Å². The van der Waals surface area contributed by atoms with Crippen LogP contribution >= 0.6 is 0 Å². The van der Waals surface area contributed by atoms with Gasteiger partial charge in [-0.15, -0.1) is 0 Å². The molecule has 0 aliphatic carbocycles. The second-order valence-corrected chi connectivity index (χ2v) is 6.63. The van der Waals surface area contributed by atoms with Gasteiger partial charge in [-0.3, -0.25) is 4.90 Å². The van der Waals surface area contributed by atoms with Crippen LogP contribution in [0.25, 0.3) is 0 Å². The van der Waals surface area contributed by atoms with Gasteiger partial charge in [0.1, 0.15) is 0 Å². The van der Waals surface area contributed by atoms with Crippen molar-refractivity contribution in [1.29, 1.82) is 0 Å². The molecule has 1 aliphatic heterocycles. The molecule has 0 aromatic rings. The Morgan fingerprint density at radius 2 is 2.00 bits per heavy atom. The van der Waals surface area contributed by atoms with Crippen LogP contribution in [0.3, 0.4) is 0 Å². The largest absolute Gasteiger partial charge is 0.329 e. The summed E-state index contributed by atoms with van der Waals surface area (Å²) in [5.74, 6) is 0.785. The molecule has 114 valence electrons. The minimum Gasteiger partial charge on any atom is -0.329 e. The van der Waals surface area contributed by atoms with E-state index in [1.165, 1.54) is 57.9 Å². The molecule has 0 bridgehead atoms. The molecule has 0 aromatic carbocycles. The Balaban J connectivity index is 2.86. The summed E-state index contributed by atoms with van der Waals surface area (Å²) in [4.78, 5) is 2.81. The Kier molecular flexibility index (Phi) is 7.38. The summed E-state index contributed by atoms with van der Waals surface area (Å²) in [5.41, 5.74) is 6.53. The topological polar surface area (TPSA) is 29.3 Å². The van der Waals surface area contributed by atoms with Crippen LogP contribution < -0.4 is 5.73 Å². The van der Waals surface area contributed by atoms with E-state index in [1.807, 2.05) is 0 Å². The number of likely N-dealkylation sites (tertiary alicyclic amines) is 1. The molecule has 2 N–H and O–H groups in total. The summed E-state index contributed by atoms with van der Waals surface area (Å²) >= 11 is 0. The van der Waals surface area contributed by atoms with Gasteiger partial charge >= 0.3 is 0 Å². The zero-order valence-electron chi connectivity index (χ0n) is 13.8. The molecule has 1 fully saturated rings. The second kappa shape index (κ2) is 8.26. The lowest BCUT2D eigenvalue weighted by atomic mass is 9.80. The zero-order chi connectivity index (χ0) is 14.3. The molecule has 1 saturated heterocycles. The summed E-state index contributed by atoms with van der Waals surface area (Å²) < 4.78 is 0. The van der Waals surface area contributed by atoms with Crippen LogP contribution in [-0.4, -0.2) is 29.6 Å². The highest BCUT2D eigenvalue weighted by Gasteiger charge is 2.39. The van der Waals surface area contributed by atoms with Crippen LogP contribution in [0.5, 0.6) is 0 Å². The number of piperidine rings is 1. The molecule has 0 amide bonds. The first-order valence-electron chi connectivity index (χ1n) is 8.60. The van der Waals surface area contributed by atoms with Crippen molar-refractivity contribution in [2.24, 2.45) is 11.7 Å². The van der Waals surface area contributed by atoms with E-state index in [0.717, 1.165) is 18.5 Å². The molecule has 3 atom stereocenters. The summed E-state index contributed by atoms with van der Waals surface area (Å²) in [7, 11) is 0. The first kappa shape index (κ1) is 17.0. The van der Waals surface area contributed by atoms with Gasteiger partial charge in [0.25, 0.3) is 0 Å². The fourth-order valence-electron chi connectivity index (χ4n) is 3.86. The van der Waals surface area contributed by atoms with Crippen molar-refractivity contribution in [2.45, 2.75) is 90.6 Å².